The zero-order chi connectivity index (χ0) is 17.3. The van der Waals surface area contributed by atoms with E-state index in [1.54, 1.807) is 17.0 Å². The third kappa shape index (κ3) is 3.12. The lowest BCUT2D eigenvalue weighted by Gasteiger charge is -2.15. The van der Waals surface area contributed by atoms with Gasteiger partial charge in [0.25, 0.3) is 5.91 Å². The van der Waals surface area contributed by atoms with E-state index in [1.807, 2.05) is 50.3 Å². The SMILES string of the molecule is Cc1ccc(N2C(=O)/C(=C\c3ccc(C#N)cc3)SC2=S)cc1C. The van der Waals surface area contributed by atoms with E-state index >= 15 is 0 Å². The zero-order valence-corrected chi connectivity index (χ0v) is 14.9. The summed E-state index contributed by atoms with van der Waals surface area (Å²) in [4.78, 5) is 14.9. The number of hydrogen-bond donors (Lipinski definition) is 0. The molecule has 2 aromatic carbocycles. The van der Waals surface area contributed by atoms with E-state index in [2.05, 4.69) is 6.07 Å². The van der Waals surface area contributed by atoms with Crippen molar-refractivity contribution in [2.75, 3.05) is 4.90 Å². The van der Waals surface area contributed by atoms with Gasteiger partial charge in [-0.05, 0) is 60.9 Å². The fraction of sp³-hybridized carbons (Fsp3) is 0.105. The van der Waals surface area contributed by atoms with Crippen molar-refractivity contribution in [3.63, 3.8) is 0 Å². The third-order valence-corrected chi connectivity index (χ3v) is 5.18. The van der Waals surface area contributed by atoms with Gasteiger partial charge in [0.05, 0.1) is 22.2 Å². The molecule has 3 rings (SSSR count). The normalized spacial score (nSPS) is 15.9. The molecule has 1 aliphatic rings. The predicted octanol–water partition coefficient (Wildman–Crippen LogP) is 4.58. The summed E-state index contributed by atoms with van der Waals surface area (Å²) in [6, 6.07) is 15.1. The van der Waals surface area contributed by atoms with Crippen LogP contribution in [0.1, 0.15) is 22.3 Å². The summed E-state index contributed by atoms with van der Waals surface area (Å²) in [5, 5.41) is 8.84. The maximum Gasteiger partial charge on any atom is 0.270 e. The van der Waals surface area contributed by atoms with E-state index < -0.39 is 0 Å². The molecule has 0 radical (unpaired) electrons. The summed E-state index contributed by atoms with van der Waals surface area (Å²) in [6.45, 7) is 4.05. The summed E-state index contributed by atoms with van der Waals surface area (Å²) in [7, 11) is 0. The Balaban J connectivity index is 1.92. The molecule has 0 aromatic heterocycles. The average molecular weight is 350 g/mol. The molecular formula is C19H14N2OS2. The van der Waals surface area contributed by atoms with Gasteiger partial charge in [0, 0.05) is 0 Å². The first-order valence-corrected chi connectivity index (χ1v) is 8.57. The number of thioether (sulfide) groups is 1. The van der Waals surface area contributed by atoms with Gasteiger partial charge in [-0.1, -0.05) is 42.2 Å². The van der Waals surface area contributed by atoms with Crippen molar-refractivity contribution in [3.8, 4) is 6.07 Å². The number of anilines is 1. The highest BCUT2D eigenvalue weighted by atomic mass is 32.2. The minimum Gasteiger partial charge on any atom is -0.268 e. The molecule has 1 amide bonds. The topological polar surface area (TPSA) is 44.1 Å². The molecule has 2 aromatic rings. The van der Waals surface area contributed by atoms with Crippen LogP contribution in [0.15, 0.2) is 47.4 Å². The number of amides is 1. The standard InChI is InChI=1S/C19H14N2OS2/c1-12-3-8-16(9-13(12)2)21-18(22)17(24-19(21)23)10-14-4-6-15(11-20)7-5-14/h3-10H,1-2H3/b17-10+. The second-order valence-electron chi connectivity index (χ2n) is 5.52. The van der Waals surface area contributed by atoms with E-state index in [0.717, 1.165) is 16.8 Å². The minimum absolute atomic E-state index is 0.113. The van der Waals surface area contributed by atoms with Crippen LogP contribution >= 0.6 is 24.0 Å². The predicted molar refractivity (Wildman–Crippen MR) is 103 cm³/mol. The molecule has 5 heteroatoms. The number of carbonyl (C=O) groups is 1. The van der Waals surface area contributed by atoms with Crippen LogP contribution in [0.5, 0.6) is 0 Å². The molecule has 0 bridgehead atoms. The molecule has 0 unspecified atom stereocenters. The monoisotopic (exact) mass is 350 g/mol. The highest BCUT2D eigenvalue weighted by Crippen LogP contribution is 2.36. The van der Waals surface area contributed by atoms with Crippen molar-refractivity contribution in [1.29, 1.82) is 5.26 Å². The van der Waals surface area contributed by atoms with Crippen LogP contribution < -0.4 is 4.90 Å². The Morgan fingerprint density at radius 2 is 1.83 bits per heavy atom. The molecule has 24 heavy (non-hydrogen) atoms. The van der Waals surface area contributed by atoms with E-state index in [4.69, 9.17) is 17.5 Å². The number of thiocarbonyl (C=S) groups is 1. The summed E-state index contributed by atoms with van der Waals surface area (Å²) in [5.74, 6) is -0.113. The quantitative estimate of drug-likeness (QED) is 0.587. The van der Waals surface area contributed by atoms with Crippen LogP contribution in [-0.2, 0) is 4.79 Å². The molecule has 0 saturated carbocycles. The first-order valence-electron chi connectivity index (χ1n) is 7.35. The van der Waals surface area contributed by atoms with E-state index in [1.165, 1.54) is 17.3 Å². The maximum atomic E-state index is 12.7. The second-order valence-corrected chi connectivity index (χ2v) is 7.20. The molecule has 118 valence electrons. The lowest BCUT2D eigenvalue weighted by atomic mass is 10.1. The Kier molecular flexibility index (Phi) is 4.52. The van der Waals surface area contributed by atoms with Gasteiger partial charge in [-0.2, -0.15) is 5.26 Å². The molecule has 1 saturated heterocycles. The maximum absolute atomic E-state index is 12.7. The van der Waals surface area contributed by atoms with Gasteiger partial charge in [0.1, 0.15) is 0 Å². The van der Waals surface area contributed by atoms with Crippen molar-refractivity contribution >= 4 is 46.0 Å². The van der Waals surface area contributed by atoms with Crippen LogP contribution in [0, 0.1) is 25.2 Å². The molecule has 3 nitrogen and oxygen atoms in total. The first-order chi connectivity index (χ1) is 11.5. The molecular weight excluding hydrogens is 336 g/mol. The number of rotatable bonds is 2. The number of hydrogen-bond acceptors (Lipinski definition) is 4. The van der Waals surface area contributed by atoms with Gasteiger partial charge in [0.2, 0.25) is 0 Å². The molecule has 1 aliphatic heterocycles. The van der Waals surface area contributed by atoms with Crippen molar-refractivity contribution in [3.05, 3.63) is 69.6 Å². The summed E-state index contributed by atoms with van der Waals surface area (Å²) in [6.07, 6.45) is 1.81. The molecule has 0 spiro atoms. The second kappa shape index (κ2) is 6.60. The lowest BCUT2D eigenvalue weighted by molar-refractivity contribution is -0.113. The van der Waals surface area contributed by atoms with Crippen LogP contribution in [0.2, 0.25) is 0 Å². The van der Waals surface area contributed by atoms with Gasteiger partial charge in [-0.25, -0.2) is 0 Å². The molecule has 1 heterocycles. The zero-order valence-electron chi connectivity index (χ0n) is 13.2. The van der Waals surface area contributed by atoms with Crippen LogP contribution in [0.4, 0.5) is 5.69 Å². The highest BCUT2D eigenvalue weighted by Gasteiger charge is 2.33. The van der Waals surface area contributed by atoms with Crippen LogP contribution in [-0.4, -0.2) is 10.2 Å². The molecule has 1 fully saturated rings. The van der Waals surface area contributed by atoms with Gasteiger partial charge in [-0.15, -0.1) is 0 Å². The summed E-state index contributed by atoms with van der Waals surface area (Å²) in [5.41, 5.74) is 4.56. The van der Waals surface area contributed by atoms with Crippen LogP contribution in [0.25, 0.3) is 6.08 Å². The Bertz CT molecular complexity index is 908. The fourth-order valence-electron chi connectivity index (χ4n) is 2.36. The highest BCUT2D eigenvalue weighted by molar-refractivity contribution is 8.27. The number of nitriles is 1. The van der Waals surface area contributed by atoms with Crippen molar-refractivity contribution in [2.45, 2.75) is 13.8 Å². The van der Waals surface area contributed by atoms with E-state index in [0.29, 0.717) is 14.8 Å². The Hall–Kier alpha value is -2.42. The van der Waals surface area contributed by atoms with Gasteiger partial charge in [-0.3, -0.25) is 9.69 Å². The molecule has 0 N–H and O–H groups in total. The average Bonchev–Trinajstić information content (AvgIpc) is 2.85. The van der Waals surface area contributed by atoms with E-state index in [9.17, 15) is 4.79 Å². The smallest absolute Gasteiger partial charge is 0.268 e. The van der Waals surface area contributed by atoms with Crippen molar-refractivity contribution in [1.82, 2.24) is 0 Å². The molecule has 0 atom stereocenters. The number of benzene rings is 2. The summed E-state index contributed by atoms with van der Waals surface area (Å²) >= 11 is 6.69. The summed E-state index contributed by atoms with van der Waals surface area (Å²) < 4.78 is 0.531. The van der Waals surface area contributed by atoms with E-state index in [-0.39, 0.29) is 5.91 Å². The van der Waals surface area contributed by atoms with Crippen molar-refractivity contribution < 1.29 is 4.79 Å². The Labute approximate surface area is 150 Å². The van der Waals surface area contributed by atoms with Crippen molar-refractivity contribution in [2.24, 2.45) is 0 Å². The largest absolute Gasteiger partial charge is 0.270 e. The minimum atomic E-state index is -0.113. The van der Waals surface area contributed by atoms with Gasteiger partial charge in [0.15, 0.2) is 4.32 Å². The Morgan fingerprint density at radius 1 is 1.12 bits per heavy atom. The van der Waals surface area contributed by atoms with Gasteiger partial charge < -0.3 is 0 Å². The molecule has 0 aliphatic carbocycles. The van der Waals surface area contributed by atoms with Gasteiger partial charge >= 0.3 is 0 Å². The van der Waals surface area contributed by atoms with Crippen LogP contribution in [0.3, 0.4) is 0 Å². The third-order valence-electron chi connectivity index (χ3n) is 3.88. The lowest BCUT2D eigenvalue weighted by Crippen LogP contribution is -2.27. The Morgan fingerprint density at radius 3 is 2.46 bits per heavy atom. The number of carbonyl (C=O) groups excluding carboxylic acids is 1. The fourth-order valence-corrected chi connectivity index (χ4v) is 3.66. The number of nitrogens with zero attached hydrogens (tertiary/aromatic N) is 2. The first kappa shape index (κ1) is 16.4. The number of aryl methyl sites for hydroxylation is 2.